The largest absolute Gasteiger partial charge is 0.392 e. The Morgan fingerprint density at radius 2 is 2.00 bits per heavy atom. The summed E-state index contributed by atoms with van der Waals surface area (Å²) in [6.07, 6.45) is 3.52. The van der Waals surface area contributed by atoms with E-state index in [0.717, 1.165) is 31.6 Å². The van der Waals surface area contributed by atoms with Crippen LogP contribution in [0, 0.1) is 5.92 Å². The molecule has 2 N–H and O–H groups in total. The van der Waals surface area contributed by atoms with E-state index in [9.17, 15) is 10.2 Å². The summed E-state index contributed by atoms with van der Waals surface area (Å²) in [6, 6.07) is 0. The van der Waals surface area contributed by atoms with Gasteiger partial charge in [0.2, 0.25) is 0 Å². The van der Waals surface area contributed by atoms with Gasteiger partial charge in [-0.1, -0.05) is 12.8 Å². The molecule has 0 aliphatic heterocycles. The van der Waals surface area contributed by atoms with Gasteiger partial charge in [-0.15, -0.1) is 0 Å². The first-order valence-corrected chi connectivity index (χ1v) is 4.28. The van der Waals surface area contributed by atoms with Crippen LogP contribution < -0.4 is 0 Å². The van der Waals surface area contributed by atoms with E-state index in [2.05, 4.69) is 0 Å². The molecule has 0 bridgehead atoms. The van der Waals surface area contributed by atoms with Gasteiger partial charge in [-0.2, -0.15) is 0 Å². The van der Waals surface area contributed by atoms with E-state index in [1.807, 2.05) is 0 Å². The fraction of sp³-hybridized carbons (Fsp3) is 0.889. The zero-order valence-corrected chi connectivity index (χ0v) is 7.30. The van der Waals surface area contributed by atoms with E-state index in [1.165, 1.54) is 0 Å². The molecule has 11 heavy (non-hydrogen) atoms. The second-order valence-electron chi connectivity index (χ2n) is 3.85. The predicted molar refractivity (Wildman–Crippen MR) is 44.0 cm³/mol. The summed E-state index contributed by atoms with van der Waals surface area (Å²) in [5, 5.41) is 19.1. The molecule has 1 rings (SSSR count). The number of hydrogen-bond donors (Lipinski definition) is 2. The Morgan fingerprint density at radius 3 is 2.36 bits per heavy atom. The van der Waals surface area contributed by atoms with Gasteiger partial charge < -0.3 is 10.2 Å². The minimum Gasteiger partial charge on any atom is -0.392 e. The molecule has 1 saturated carbocycles. The third-order valence-electron chi connectivity index (χ3n) is 2.36. The van der Waals surface area contributed by atoms with E-state index in [1.54, 1.807) is 13.8 Å². The quantitative estimate of drug-likeness (QED) is 0.601. The number of aliphatic hydroxyl groups is 2. The van der Waals surface area contributed by atoms with E-state index in [-0.39, 0.29) is 6.10 Å². The molecule has 1 fully saturated rings. The Hall–Kier alpha value is -0.0800. The van der Waals surface area contributed by atoms with Gasteiger partial charge in [0.1, 0.15) is 0 Å². The van der Waals surface area contributed by atoms with Crippen molar-refractivity contribution in [3.63, 3.8) is 0 Å². The minimum atomic E-state index is -0.792. The van der Waals surface area contributed by atoms with Crippen LogP contribution in [0.4, 0.5) is 0 Å². The normalized spacial score (nSPS) is 28.9. The van der Waals surface area contributed by atoms with E-state index >= 15 is 0 Å². The van der Waals surface area contributed by atoms with Crippen LogP contribution in [0.2, 0.25) is 0 Å². The minimum absolute atomic E-state index is 0.372. The lowest BCUT2D eigenvalue weighted by Crippen LogP contribution is -2.39. The Balaban J connectivity index is 2.55. The summed E-state index contributed by atoms with van der Waals surface area (Å²) in [4.78, 5) is 0. The summed E-state index contributed by atoms with van der Waals surface area (Å²) in [5.41, 5.74) is -0.792. The van der Waals surface area contributed by atoms with Gasteiger partial charge in [-0.05, 0) is 26.7 Å². The van der Waals surface area contributed by atoms with Crippen molar-refractivity contribution in [3.05, 3.63) is 5.92 Å². The molecule has 0 amide bonds. The Morgan fingerprint density at radius 1 is 1.36 bits per heavy atom. The summed E-state index contributed by atoms with van der Waals surface area (Å²) >= 11 is 0. The maximum atomic E-state index is 9.62. The number of hydrogen-bond acceptors (Lipinski definition) is 2. The molecule has 1 aliphatic carbocycles. The molecule has 0 spiro atoms. The van der Waals surface area contributed by atoms with E-state index < -0.39 is 5.60 Å². The molecule has 0 aromatic carbocycles. The third kappa shape index (κ3) is 2.17. The van der Waals surface area contributed by atoms with Crippen molar-refractivity contribution in [2.45, 2.75) is 51.2 Å². The van der Waals surface area contributed by atoms with Gasteiger partial charge in [0, 0.05) is 5.92 Å². The fourth-order valence-electron chi connectivity index (χ4n) is 1.71. The van der Waals surface area contributed by atoms with Crippen LogP contribution in [0.15, 0.2) is 0 Å². The van der Waals surface area contributed by atoms with Crippen molar-refractivity contribution in [3.8, 4) is 0 Å². The molecule has 0 aromatic heterocycles. The van der Waals surface area contributed by atoms with Crippen LogP contribution >= 0.6 is 0 Å². The van der Waals surface area contributed by atoms with Crippen LogP contribution in [0.3, 0.4) is 0 Å². The van der Waals surface area contributed by atoms with Crippen molar-refractivity contribution in [1.82, 2.24) is 0 Å². The Bertz CT molecular complexity index is 126. The molecule has 2 nitrogen and oxygen atoms in total. The Labute approximate surface area is 68.2 Å². The van der Waals surface area contributed by atoms with Crippen LogP contribution in [0.1, 0.15) is 39.5 Å². The summed E-state index contributed by atoms with van der Waals surface area (Å²) in [6.45, 7) is 3.49. The molecular weight excluding hydrogens is 140 g/mol. The molecule has 2 heteroatoms. The molecule has 0 aromatic rings. The van der Waals surface area contributed by atoms with Crippen molar-refractivity contribution in [2.24, 2.45) is 0 Å². The highest BCUT2D eigenvalue weighted by Gasteiger charge is 2.35. The molecule has 1 aliphatic rings. The first kappa shape index (κ1) is 9.01. The zero-order valence-electron chi connectivity index (χ0n) is 7.30. The first-order valence-electron chi connectivity index (χ1n) is 4.28. The zero-order chi connectivity index (χ0) is 8.48. The highest BCUT2D eigenvalue weighted by molar-refractivity contribution is 5.10. The highest BCUT2D eigenvalue weighted by Crippen LogP contribution is 2.34. The Kier molecular flexibility index (Phi) is 2.55. The molecule has 0 heterocycles. The maximum Gasteiger partial charge on any atom is 0.0679 e. The van der Waals surface area contributed by atoms with Crippen LogP contribution in [-0.4, -0.2) is 21.9 Å². The number of rotatable bonds is 1. The summed E-state index contributed by atoms with van der Waals surface area (Å²) in [5.74, 6) is 0.906. The molecular formula is C9H17O2. The fourth-order valence-corrected chi connectivity index (χ4v) is 1.71. The van der Waals surface area contributed by atoms with Gasteiger partial charge >= 0.3 is 0 Å². The maximum absolute atomic E-state index is 9.62. The standard InChI is InChI=1S/C9H17O2/c1-9(2,11)7-5-3-4-6-8(7)10/h8,10-11H,3-6H2,1-2H3/t8-/m0/s1. The van der Waals surface area contributed by atoms with Gasteiger partial charge in [0.25, 0.3) is 0 Å². The molecule has 0 unspecified atom stereocenters. The SMILES string of the molecule is CC(C)(O)[C]1CCCC[C@@H]1O. The second kappa shape index (κ2) is 3.11. The first-order chi connectivity index (χ1) is 5.02. The van der Waals surface area contributed by atoms with Crippen LogP contribution in [0.25, 0.3) is 0 Å². The van der Waals surface area contributed by atoms with Gasteiger partial charge in [0.05, 0.1) is 11.7 Å². The summed E-state index contributed by atoms with van der Waals surface area (Å²) in [7, 11) is 0. The molecule has 65 valence electrons. The van der Waals surface area contributed by atoms with Gasteiger partial charge in [-0.25, -0.2) is 0 Å². The molecule has 1 radical (unpaired) electrons. The van der Waals surface area contributed by atoms with Crippen molar-refractivity contribution >= 4 is 0 Å². The number of aliphatic hydroxyl groups excluding tert-OH is 1. The predicted octanol–water partition coefficient (Wildman–Crippen LogP) is 1.27. The van der Waals surface area contributed by atoms with Gasteiger partial charge in [0.15, 0.2) is 0 Å². The molecule has 1 atom stereocenters. The topological polar surface area (TPSA) is 40.5 Å². The lowest BCUT2D eigenvalue weighted by Gasteiger charge is -2.35. The van der Waals surface area contributed by atoms with Crippen LogP contribution in [0.5, 0.6) is 0 Å². The van der Waals surface area contributed by atoms with Crippen LogP contribution in [-0.2, 0) is 0 Å². The average molecular weight is 157 g/mol. The summed E-state index contributed by atoms with van der Waals surface area (Å²) < 4.78 is 0. The van der Waals surface area contributed by atoms with E-state index in [0.29, 0.717) is 0 Å². The van der Waals surface area contributed by atoms with Crippen molar-refractivity contribution in [2.75, 3.05) is 0 Å². The van der Waals surface area contributed by atoms with Crippen molar-refractivity contribution in [1.29, 1.82) is 0 Å². The lowest BCUT2D eigenvalue weighted by atomic mass is 9.77. The third-order valence-corrected chi connectivity index (χ3v) is 2.36. The van der Waals surface area contributed by atoms with Crippen molar-refractivity contribution < 1.29 is 10.2 Å². The monoisotopic (exact) mass is 157 g/mol. The van der Waals surface area contributed by atoms with E-state index in [4.69, 9.17) is 0 Å². The molecule has 0 saturated heterocycles. The average Bonchev–Trinajstić information content (AvgIpc) is 1.86. The lowest BCUT2D eigenvalue weighted by molar-refractivity contribution is 0.0270. The smallest absolute Gasteiger partial charge is 0.0679 e. The second-order valence-corrected chi connectivity index (χ2v) is 3.85. The van der Waals surface area contributed by atoms with Gasteiger partial charge in [-0.3, -0.25) is 0 Å². The highest BCUT2D eigenvalue weighted by atomic mass is 16.3.